The van der Waals surface area contributed by atoms with Gasteiger partial charge in [0.1, 0.15) is 5.82 Å². The average molecular weight is 484 g/mol. The molecule has 2 aromatic carbocycles. The van der Waals surface area contributed by atoms with Crippen LogP contribution in [0.2, 0.25) is 5.02 Å². The Kier molecular flexibility index (Phi) is 6.41. The molecule has 0 bridgehead atoms. The van der Waals surface area contributed by atoms with Crippen LogP contribution in [0, 0.1) is 5.82 Å². The maximum Gasteiger partial charge on any atom is 0.422 e. The second-order valence-corrected chi connectivity index (χ2v) is 8.00. The van der Waals surface area contributed by atoms with Gasteiger partial charge in [0.2, 0.25) is 5.56 Å². The van der Waals surface area contributed by atoms with Gasteiger partial charge in [0, 0.05) is 35.8 Å². The number of hydrogen-bond acceptors (Lipinski definition) is 3. The van der Waals surface area contributed by atoms with Gasteiger partial charge in [0.05, 0.1) is 5.56 Å². The molecule has 0 amide bonds. The van der Waals surface area contributed by atoms with Crippen molar-refractivity contribution >= 4 is 17.6 Å². The molecule has 2 atom stereocenters. The summed E-state index contributed by atoms with van der Waals surface area (Å²) in [6.07, 6.45) is -4.19. The van der Waals surface area contributed by atoms with Gasteiger partial charge in [-0.3, -0.25) is 4.79 Å². The van der Waals surface area contributed by atoms with E-state index in [0.717, 1.165) is 42.0 Å². The normalized spacial score (nSPS) is 14.5. The van der Waals surface area contributed by atoms with E-state index in [0.29, 0.717) is 11.1 Å². The fourth-order valence-corrected chi connectivity index (χ4v) is 3.97. The molecule has 0 aliphatic rings. The summed E-state index contributed by atoms with van der Waals surface area (Å²) in [6.45, 7) is 1.15. The van der Waals surface area contributed by atoms with Crippen molar-refractivity contribution in [1.29, 1.82) is 0 Å². The molecule has 2 N–H and O–H groups in total. The number of aliphatic hydroxyl groups is 1. The number of aromatic nitrogens is 1. The standard InChI is InChI=1S/C23H18ClF4NO4/c1-12(22(33,23(26,27)28)15-5-8-20(30)29(2)11-15)16-6-3-14(10-18(16)24)13-4-7-19(25)17(9-13)21(31)32/h3-12,33H,1-2H3,(H,31,32). The van der Waals surface area contributed by atoms with Crippen LogP contribution in [0.25, 0.3) is 11.1 Å². The van der Waals surface area contributed by atoms with Gasteiger partial charge in [-0.15, -0.1) is 0 Å². The third-order valence-corrected chi connectivity index (χ3v) is 5.91. The molecular formula is C23H18ClF4NO4. The monoisotopic (exact) mass is 483 g/mol. The summed E-state index contributed by atoms with van der Waals surface area (Å²) in [6, 6.07) is 9.20. The number of aromatic carboxylic acids is 1. The summed E-state index contributed by atoms with van der Waals surface area (Å²) < 4.78 is 57.0. The number of pyridine rings is 1. The van der Waals surface area contributed by atoms with Crippen molar-refractivity contribution in [2.75, 3.05) is 0 Å². The lowest BCUT2D eigenvalue weighted by Gasteiger charge is -2.37. The number of benzene rings is 2. The third kappa shape index (κ3) is 4.38. The summed E-state index contributed by atoms with van der Waals surface area (Å²) in [4.78, 5) is 22.8. The number of rotatable bonds is 5. The van der Waals surface area contributed by atoms with Gasteiger partial charge in [-0.25, -0.2) is 9.18 Å². The summed E-state index contributed by atoms with van der Waals surface area (Å²) in [5.74, 6) is -3.99. The lowest BCUT2D eigenvalue weighted by atomic mass is 9.78. The minimum Gasteiger partial charge on any atom is -0.478 e. The molecule has 3 aromatic rings. The zero-order valence-electron chi connectivity index (χ0n) is 17.3. The first-order valence-corrected chi connectivity index (χ1v) is 9.94. The minimum absolute atomic E-state index is 0.0327. The molecule has 5 nitrogen and oxygen atoms in total. The van der Waals surface area contributed by atoms with Gasteiger partial charge >= 0.3 is 12.1 Å². The average Bonchev–Trinajstić information content (AvgIpc) is 2.73. The molecule has 0 fully saturated rings. The van der Waals surface area contributed by atoms with Crippen molar-refractivity contribution in [2.45, 2.75) is 24.6 Å². The van der Waals surface area contributed by atoms with E-state index < -0.39 is 46.2 Å². The van der Waals surface area contributed by atoms with E-state index in [1.54, 1.807) is 0 Å². The zero-order valence-corrected chi connectivity index (χ0v) is 18.1. The van der Waals surface area contributed by atoms with Gasteiger partial charge < -0.3 is 14.8 Å². The fraction of sp³-hybridized carbons (Fsp3) is 0.217. The van der Waals surface area contributed by atoms with Gasteiger partial charge in [-0.05, 0) is 41.0 Å². The van der Waals surface area contributed by atoms with E-state index in [4.69, 9.17) is 16.7 Å². The first-order chi connectivity index (χ1) is 15.3. The van der Waals surface area contributed by atoms with Gasteiger partial charge in [-0.2, -0.15) is 13.2 Å². The lowest BCUT2D eigenvalue weighted by molar-refractivity contribution is -0.274. The number of halogens is 5. The molecule has 0 spiro atoms. The first-order valence-electron chi connectivity index (χ1n) is 9.56. The second kappa shape index (κ2) is 8.64. The Hall–Kier alpha value is -3.17. The quantitative estimate of drug-likeness (QED) is 0.495. The van der Waals surface area contributed by atoms with Crippen molar-refractivity contribution in [3.05, 3.63) is 92.6 Å². The molecule has 0 aliphatic carbocycles. The van der Waals surface area contributed by atoms with E-state index in [2.05, 4.69) is 0 Å². The highest BCUT2D eigenvalue weighted by molar-refractivity contribution is 6.31. The zero-order chi connectivity index (χ0) is 24.7. The number of carboxylic acid groups (broad SMARTS) is 1. The van der Waals surface area contributed by atoms with E-state index in [1.165, 1.54) is 31.3 Å². The second-order valence-electron chi connectivity index (χ2n) is 7.59. The molecule has 174 valence electrons. The molecular weight excluding hydrogens is 466 g/mol. The number of carboxylic acids is 1. The van der Waals surface area contributed by atoms with Crippen molar-refractivity contribution < 1.29 is 32.6 Å². The van der Waals surface area contributed by atoms with Crippen molar-refractivity contribution in [3.63, 3.8) is 0 Å². The molecule has 0 aliphatic heterocycles. The summed E-state index contributed by atoms with van der Waals surface area (Å²) in [5.41, 5.74) is -4.41. The van der Waals surface area contributed by atoms with Crippen LogP contribution in [-0.4, -0.2) is 26.9 Å². The number of nitrogens with zero attached hydrogens (tertiary/aromatic N) is 1. The Balaban J connectivity index is 2.10. The Morgan fingerprint density at radius 2 is 1.67 bits per heavy atom. The summed E-state index contributed by atoms with van der Waals surface area (Å²) >= 11 is 6.28. The van der Waals surface area contributed by atoms with Gasteiger partial charge in [0.15, 0.2) is 5.60 Å². The van der Waals surface area contributed by atoms with Crippen LogP contribution in [0.1, 0.15) is 34.3 Å². The molecule has 2 unspecified atom stereocenters. The molecule has 0 saturated heterocycles. The summed E-state index contributed by atoms with van der Waals surface area (Å²) in [5, 5.41) is 19.9. The molecule has 1 heterocycles. The Morgan fingerprint density at radius 1 is 1.06 bits per heavy atom. The predicted molar refractivity (Wildman–Crippen MR) is 114 cm³/mol. The number of aryl methyl sites for hydroxylation is 1. The van der Waals surface area contributed by atoms with E-state index in [1.807, 2.05) is 0 Å². The highest BCUT2D eigenvalue weighted by Gasteiger charge is 2.59. The Labute approximate surface area is 190 Å². The molecule has 3 rings (SSSR count). The Morgan fingerprint density at radius 3 is 2.21 bits per heavy atom. The van der Waals surface area contributed by atoms with Gasteiger partial charge in [-0.1, -0.05) is 36.7 Å². The number of hydrogen-bond donors (Lipinski definition) is 2. The van der Waals surface area contributed by atoms with Crippen LogP contribution < -0.4 is 5.56 Å². The van der Waals surface area contributed by atoms with Crippen LogP contribution in [0.15, 0.2) is 59.5 Å². The molecule has 33 heavy (non-hydrogen) atoms. The van der Waals surface area contributed by atoms with Gasteiger partial charge in [0.25, 0.3) is 0 Å². The van der Waals surface area contributed by atoms with E-state index >= 15 is 0 Å². The fourth-order valence-electron chi connectivity index (χ4n) is 3.63. The smallest absolute Gasteiger partial charge is 0.422 e. The van der Waals surface area contributed by atoms with Crippen LogP contribution in [0.4, 0.5) is 17.6 Å². The Bertz CT molecular complexity index is 1290. The minimum atomic E-state index is -5.11. The van der Waals surface area contributed by atoms with E-state index in [-0.39, 0.29) is 10.6 Å². The molecule has 0 saturated carbocycles. The molecule has 0 radical (unpaired) electrons. The van der Waals surface area contributed by atoms with Crippen molar-refractivity contribution in [3.8, 4) is 11.1 Å². The third-order valence-electron chi connectivity index (χ3n) is 5.58. The SMILES string of the molecule is CC(c1ccc(-c2ccc(F)c(C(=O)O)c2)cc1Cl)C(O)(c1ccc(=O)n(C)c1)C(F)(F)F. The lowest BCUT2D eigenvalue weighted by Crippen LogP contribution is -2.47. The highest BCUT2D eigenvalue weighted by atomic mass is 35.5. The first kappa shape index (κ1) is 24.5. The van der Waals surface area contributed by atoms with Crippen molar-refractivity contribution in [2.24, 2.45) is 7.05 Å². The summed E-state index contributed by atoms with van der Waals surface area (Å²) in [7, 11) is 1.27. The largest absolute Gasteiger partial charge is 0.478 e. The predicted octanol–water partition coefficient (Wildman–Crippen LogP) is 5.10. The maximum absolute atomic E-state index is 14.1. The number of carbonyl (C=O) groups is 1. The van der Waals surface area contributed by atoms with Crippen LogP contribution in [0.5, 0.6) is 0 Å². The highest BCUT2D eigenvalue weighted by Crippen LogP contribution is 2.49. The van der Waals surface area contributed by atoms with Crippen LogP contribution in [-0.2, 0) is 12.6 Å². The molecule has 10 heteroatoms. The van der Waals surface area contributed by atoms with Crippen LogP contribution >= 0.6 is 11.6 Å². The van der Waals surface area contributed by atoms with E-state index in [9.17, 15) is 32.3 Å². The maximum atomic E-state index is 14.1. The van der Waals surface area contributed by atoms with Crippen molar-refractivity contribution in [1.82, 2.24) is 4.57 Å². The number of alkyl halides is 3. The topological polar surface area (TPSA) is 79.5 Å². The van der Waals surface area contributed by atoms with Crippen LogP contribution in [0.3, 0.4) is 0 Å². The molecule has 1 aromatic heterocycles.